The summed E-state index contributed by atoms with van der Waals surface area (Å²) < 4.78 is 0. The summed E-state index contributed by atoms with van der Waals surface area (Å²) >= 11 is 0. The summed E-state index contributed by atoms with van der Waals surface area (Å²) in [7, 11) is 2.97. The third-order valence-electron chi connectivity index (χ3n) is 5.30. The molecule has 10 nitrogen and oxygen atoms in total. The van der Waals surface area contributed by atoms with Gasteiger partial charge in [0.2, 0.25) is 17.7 Å². The van der Waals surface area contributed by atoms with Crippen LogP contribution in [0.5, 0.6) is 0 Å². The highest BCUT2D eigenvalue weighted by Crippen LogP contribution is 2.23. The normalized spacial score (nSPS) is 22.5. The standard InChI is InChI=1S/C24H38N4O6S2/c1-6-16(21(30)28-20(15(4)5)24(33)34)25-22(31)17-13-36-35-12-10-8-7-9-11-18(29)27-19(14(2)3)23(32)26-17/h6-8,14-15,17,19-20H,9-13H2,1-5H3,(H,25,31)(H,26,32)(H,27,29)(H,28,30)(H,33,34)/b8-7+,16-6-/t17-,19-,20+/m1/s1. The van der Waals surface area contributed by atoms with Gasteiger partial charge in [-0.2, -0.15) is 0 Å². The molecular weight excluding hydrogens is 504 g/mol. The summed E-state index contributed by atoms with van der Waals surface area (Å²) in [5, 5.41) is 19.7. The zero-order valence-electron chi connectivity index (χ0n) is 21.5. The first-order valence-electron chi connectivity index (χ1n) is 12.0. The van der Waals surface area contributed by atoms with Crippen LogP contribution >= 0.6 is 21.6 Å². The van der Waals surface area contributed by atoms with E-state index < -0.39 is 41.8 Å². The van der Waals surface area contributed by atoms with Crippen LogP contribution in [-0.4, -0.2) is 64.3 Å². The molecule has 202 valence electrons. The smallest absolute Gasteiger partial charge is 0.326 e. The summed E-state index contributed by atoms with van der Waals surface area (Å²) in [6, 6.07) is -2.94. The molecule has 1 rings (SSSR count). The van der Waals surface area contributed by atoms with E-state index in [0.29, 0.717) is 6.42 Å². The van der Waals surface area contributed by atoms with Gasteiger partial charge in [0.15, 0.2) is 0 Å². The number of carbonyl (C=O) groups is 5. The fourth-order valence-electron chi connectivity index (χ4n) is 3.18. The number of amides is 4. The summed E-state index contributed by atoms with van der Waals surface area (Å²) in [4.78, 5) is 62.6. The third-order valence-corrected chi connectivity index (χ3v) is 7.75. The predicted octanol–water partition coefficient (Wildman–Crippen LogP) is 1.98. The van der Waals surface area contributed by atoms with Crippen LogP contribution in [0.3, 0.4) is 0 Å². The number of rotatable bonds is 7. The summed E-state index contributed by atoms with van der Waals surface area (Å²) in [6.07, 6.45) is 6.96. The Morgan fingerprint density at radius 3 is 2.33 bits per heavy atom. The average Bonchev–Trinajstić information content (AvgIpc) is 2.81. The molecule has 0 aromatic rings. The van der Waals surface area contributed by atoms with Crippen LogP contribution < -0.4 is 21.3 Å². The minimum absolute atomic E-state index is 0.117. The van der Waals surface area contributed by atoms with Crippen LogP contribution in [0.1, 0.15) is 53.9 Å². The molecule has 4 amide bonds. The Bertz CT molecular complexity index is 860. The number of carboxylic acids is 1. The number of aliphatic carboxylic acids is 1. The molecule has 0 aromatic carbocycles. The van der Waals surface area contributed by atoms with Crippen molar-refractivity contribution >= 4 is 51.2 Å². The lowest BCUT2D eigenvalue weighted by molar-refractivity contribution is -0.142. The fraction of sp³-hybridized carbons (Fsp3) is 0.625. The Balaban J connectivity index is 3.04. The summed E-state index contributed by atoms with van der Waals surface area (Å²) in [5.74, 6) is -2.84. The molecule has 1 heterocycles. The zero-order valence-corrected chi connectivity index (χ0v) is 23.1. The Kier molecular flexibility index (Phi) is 14.3. The molecule has 0 bridgehead atoms. The first-order chi connectivity index (χ1) is 17.0. The number of carboxylic acid groups (broad SMARTS) is 1. The number of allylic oxidation sites excluding steroid dienone is 3. The highest BCUT2D eigenvalue weighted by atomic mass is 33.1. The topological polar surface area (TPSA) is 154 Å². The molecule has 0 fully saturated rings. The summed E-state index contributed by atoms with van der Waals surface area (Å²) in [5.41, 5.74) is -0.117. The second-order valence-electron chi connectivity index (χ2n) is 8.98. The highest BCUT2D eigenvalue weighted by molar-refractivity contribution is 8.76. The van der Waals surface area contributed by atoms with Gasteiger partial charge in [-0.1, -0.05) is 67.5 Å². The van der Waals surface area contributed by atoms with Crippen molar-refractivity contribution in [1.82, 2.24) is 21.3 Å². The molecule has 0 radical (unpaired) electrons. The van der Waals surface area contributed by atoms with Gasteiger partial charge in [-0.3, -0.25) is 19.2 Å². The van der Waals surface area contributed by atoms with E-state index in [9.17, 15) is 29.1 Å². The van der Waals surface area contributed by atoms with E-state index in [4.69, 9.17) is 0 Å². The maximum absolute atomic E-state index is 13.1. The largest absolute Gasteiger partial charge is 0.480 e. The lowest BCUT2D eigenvalue weighted by atomic mass is 10.0. The van der Waals surface area contributed by atoms with Crippen molar-refractivity contribution in [3.8, 4) is 0 Å². The van der Waals surface area contributed by atoms with E-state index in [1.165, 1.54) is 23.8 Å². The van der Waals surface area contributed by atoms with Gasteiger partial charge in [0.05, 0.1) is 0 Å². The predicted molar refractivity (Wildman–Crippen MR) is 143 cm³/mol. The maximum atomic E-state index is 13.1. The average molecular weight is 543 g/mol. The first kappa shape index (κ1) is 31.6. The molecule has 36 heavy (non-hydrogen) atoms. The Morgan fingerprint density at radius 1 is 1.08 bits per heavy atom. The van der Waals surface area contributed by atoms with Gasteiger partial charge in [-0.25, -0.2) is 4.79 Å². The van der Waals surface area contributed by atoms with Gasteiger partial charge in [-0.15, -0.1) is 0 Å². The first-order valence-corrected chi connectivity index (χ1v) is 14.5. The number of carbonyl (C=O) groups excluding carboxylic acids is 4. The van der Waals surface area contributed by atoms with Crippen molar-refractivity contribution < 1.29 is 29.1 Å². The fourth-order valence-corrected chi connectivity index (χ4v) is 5.34. The van der Waals surface area contributed by atoms with Crippen LogP contribution in [0.15, 0.2) is 23.9 Å². The second kappa shape index (κ2) is 16.3. The van der Waals surface area contributed by atoms with E-state index in [2.05, 4.69) is 21.3 Å². The van der Waals surface area contributed by atoms with Crippen molar-refractivity contribution in [2.45, 2.75) is 72.0 Å². The molecule has 0 saturated carbocycles. The van der Waals surface area contributed by atoms with Crippen LogP contribution in [0.4, 0.5) is 0 Å². The van der Waals surface area contributed by atoms with Gasteiger partial charge in [0.1, 0.15) is 23.8 Å². The Morgan fingerprint density at radius 2 is 1.75 bits per heavy atom. The lowest BCUT2D eigenvalue weighted by Gasteiger charge is -2.25. The molecule has 3 atom stereocenters. The van der Waals surface area contributed by atoms with Gasteiger partial charge in [0.25, 0.3) is 5.91 Å². The number of hydrogen-bond donors (Lipinski definition) is 5. The quantitative estimate of drug-likeness (QED) is 0.186. The molecule has 1 aliphatic heterocycles. The lowest BCUT2D eigenvalue weighted by Crippen LogP contribution is -2.56. The molecule has 1 aliphatic rings. The molecule has 0 unspecified atom stereocenters. The molecule has 12 heteroatoms. The number of nitrogens with one attached hydrogen (secondary N) is 4. The van der Waals surface area contributed by atoms with Crippen molar-refractivity contribution in [3.63, 3.8) is 0 Å². The maximum Gasteiger partial charge on any atom is 0.326 e. The van der Waals surface area contributed by atoms with Crippen molar-refractivity contribution in [1.29, 1.82) is 0 Å². The Hall–Kier alpha value is -2.47. The zero-order chi connectivity index (χ0) is 27.3. The van der Waals surface area contributed by atoms with Crippen molar-refractivity contribution in [2.24, 2.45) is 11.8 Å². The van der Waals surface area contributed by atoms with E-state index in [1.807, 2.05) is 12.2 Å². The van der Waals surface area contributed by atoms with Gasteiger partial charge < -0.3 is 26.4 Å². The Labute approximate surface area is 220 Å². The van der Waals surface area contributed by atoms with E-state index in [1.54, 1.807) is 38.5 Å². The monoisotopic (exact) mass is 542 g/mol. The van der Waals surface area contributed by atoms with Crippen molar-refractivity contribution in [2.75, 3.05) is 11.5 Å². The minimum atomic E-state index is -1.18. The van der Waals surface area contributed by atoms with Gasteiger partial charge >= 0.3 is 5.97 Å². The molecule has 0 saturated heterocycles. The SMILES string of the molecule is C/C=C(\NC(=O)[C@H]1CSSCC/C=C/CCC(=O)N[C@H](C(C)C)C(=O)N1)C(=O)N[C@H](C(=O)O)C(C)C. The molecule has 5 N–H and O–H groups in total. The molecule has 0 aromatic heterocycles. The molecule has 0 spiro atoms. The van der Waals surface area contributed by atoms with E-state index >= 15 is 0 Å². The van der Waals surface area contributed by atoms with Crippen molar-refractivity contribution in [3.05, 3.63) is 23.9 Å². The molecular formula is C24H38N4O6S2. The second-order valence-corrected chi connectivity index (χ2v) is 11.6. The summed E-state index contributed by atoms with van der Waals surface area (Å²) in [6.45, 7) is 8.46. The molecule has 0 aliphatic carbocycles. The van der Waals surface area contributed by atoms with Crippen LogP contribution in [0.2, 0.25) is 0 Å². The van der Waals surface area contributed by atoms with Gasteiger partial charge in [0, 0.05) is 17.9 Å². The third kappa shape index (κ3) is 11.1. The van der Waals surface area contributed by atoms with E-state index in [-0.39, 0.29) is 35.6 Å². The van der Waals surface area contributed by atoms with Crippen LogP contribution in [-0.2, 0) is 24.0 Å². The van der Waals surface area contributed by atoms with E-state index in [0.717, 1.165) is 12.2 Å². The van der Waals surface area contributed by atoms with Crippen LogP contribution in [0.25, 0.3) is 0 Å². The van der Waals surface area contributed by atoms with Gasteiger partial charge in [-0.05, 0) is 31.6 Å². The number of hydrogen-bond acceptors (Lipinski definition) is 7. The minimum Gasteiger partial charge on any atom is -0.480 e. The van der Waals surface area contributed by atoms with Crippen LogP contribution in [0, 0.1) is 11.8 Å². The highest BCUT2D eigenvalue weighted by Gasteiger charge is 2.30.